The summed E-state index contributed by atoms with van der Waals surface area (Å²) in [5.41, 5.74) is 0.302. The van der Waals surface area contributed by atoms with Crippen LogP contribution in [-0.2, 0) is 20.5 Å². The highest BCUT2D eigenvalue weighted by molar-refractivity contribution is 7.99. The van der Waals surface area contributed by atoms with Gasteiger partial charge in [-0.05, 0) is 64.7 Å². The minimum atomic E-state index is -0.821. The third-order valence-corrected chi connectivity index (χ3v) is 8.43. The van der Waals surface area contributed by atoms with Gasteiger partial charge in [0.25, 0.3) is 5.91 Å². The minimum Gasteiger partial charge on any atom is -0.402 e. The molecule has 1 saturated heterocycles. The summed E-state index contributed by atoms with van der Waals surface area (Å²) in [6, 6.07) is 19.2. The van der Waals surface area contributed by atoms with Crippen molar-refractivity contribution >= 4 is 30.7 Å². The van der Waals surface area contributed by atoms with Crippen molar-refractivity contribution in [1.82, 2.24) is 20.6 Å². The first-order chi connectivity index (χ1) is 19.1. The van der Waals surface area contributed by atoms with E-state index in [1.54, 1.807) is 0 Å². The Morgan fingerprint density at radius 3 is 2.20 bits per heavy atom. The number of hydrogen-bond acceptors (Lipinski definition) is 7. The SMILES string of the molecule is CC1(C)OB([C@H](CCCc2ccccc2)NC(=O)[C@@H](CSc2ccccc2)NC(=O)c2cnccn2)OC1(C)C. The predicted molar refractivity (Wildman–Crippen MR) is 158 cm³/mol. The van der Waals surface area contributed by atoms with Crippen LogP contribution in [0.4, 0.5) is 0 Å². The molecule has 10 heteroatoms. The topological polar surface area (TPSA) is 102 Å². The van der Waals surface area contributed by atoms with Gasteiger partial charge in [-0.3, -0.25) is 14.6 Å². The maximum Gasteiger partial charge on any atom is 0.481 e. The average molecular weight is 561 g/mol. The Morgan fingerprint density at radius 1 is 0.925 bits per heavy atom. The average Bonchev–Trinajstić information content (AvgIpc) is 3.18. The van der Waals surface area contributed by atoms with Crippen molar-refractivity contribution in [3.63, 3.8) is 0 Å². The molecule has 1 aliphatic rings. The van der Waals surface area contributed by atoms with Crippen molar-refractivity contribution < 1.29 is 18.9 Å². The highest BCUT2D eigenvalue weighted by atomic mass is 32.2. The molecular formula is C30H37BN4O4S. The fourth-order valence-electron chi connectivity index (χ4n) is 4.31. The lowest BCUT2D eigenvalue weighted by molar-refractivity contribution is -0.122. The molecule has 2 N–H and O–H groups in total. The van der Waals surface area contributed by atoms with Gasteiger partial charge in [0.05, 0.1) is 23.3 Å². The molecule has 4 rings (SSSR count). The zero-order valence-electron chi connectivity index (χ0n) is 23.5. The molecule has 1 aliphatic heterocycles. The third kappa shape index (κ3) is 7.93. The van der Waals surface area contributed by atoms with Gasteiger partial charge in [-0.1, -0.05) is 48.5 Å². The molecule has 2 heterocycles. The summed E-state index contributed by atoms with van der Waals surface area (Å²) in [7, 11) is -0.622. The lowest BCUT2D eigenvalue weighted by atomic mass is 9.75. The molecule has 210 valence electrons. The van der Waals surface area contributed by atoms with E-state index in [4.69, 9.17) is 9.31 Å². The van der Waals surface area contributed by atoms with Crippen LogP contribution in [0.15, 0.2) is 84.1 Å². The van der Waals surface area contributed by atoms with Gasteiger partial charge in [0.1, 0.15) is 11.7 Å². The van der Waals surface area contributed by atoms with Crippen LogP contribution in [0.1, 0.15) is 56.6 Å². The van der Waals surface area contributed by atoms with Crippen LogP contribution in [0.5, 0.6) is 0 Å². The molecule has 0 unspecified atom stereocenters. The highest BCUT2D eigenvalue weighted by Crippen LogP contribution is 2.38. The second-order valence-electron chi connectivity index (χ2n) is 10.9. The van der Waals surface area contributed by atoms with Gasteiger partial charge in [0.2, 0.25) is 5.91 Å². The number of rotatable bonds is 12. The lowest BCUT2D eigenvalue weighted by Gasteiger charge is -2.32. The standard InChI is InChI=1S/C30H37BN4O4S/c1-29(2)30(3,4)39-31(38-29)26(17-11-14-22-12-7-5-8-13-22)35-28(37)25(21-40-23-15-9-6-10-16-23)34-27(36)24-20-32-18-19-33-24/h5-10,12-13,15-16,18-20,25-26H,11,14,17,21H2,1-4H3,(H,34,36)(H,35,37)/t25-,26+/m1/s1. The van der Waals surface area contributed by atoms with Gasteiger partial charge in [0.15, 0.2) is 0 Å². The van der Waals surface area contributed by atoms with Crippen molar-refractivity contribution in [2.45, 2.75) is 75.0 Å². The van der Waals surface area contributed by atoms with E-state index in [9.17, 15) is 9.59 Å². The maximum absolute atomic E-state index is 13.8. The van der Waals surface area contributed by atoms with Crippen LogP contribution < -0.4 is 10.6 Å². The number of aryl methyl sites for hydroxylation is 1. The number of thioether (sulfide) groups is 1. The first-order valence-electron chi connectivity index (χ1n) is 13.6. The summed E-state index contributed by atoms with van der Waals surface area (Å²) >= 11 is 1.49. The Labute approximate surface area is 241 Å². The molecule has 0 saturated carbocycles. The van der Waals surface area contributed by atoms with Gasteiger partial charge < -0.3 is 19.9 Å². The fraction of sp³-hybridized carbons (Fsp3) is 0.400. The number of benzene rings is 2. The molecule has 1 aromatic heterocycles. The van der Waals surface area contributed by atoms with Crippen LogP contribution in [0, 0.1) is 0 Å². The zero-order valence-corrected chi connectivity index (χ0v) is 24.3. The van der Waals surface area contributed by atoms with Crippen LogP contribution in [0.2, 0.25) is 0 Å². The van der Waals surface area contributed by atoms with Crippen molar-refractivity contribution in [1.29, 1.82) is 0 Å². The van der Waals surface area contributed by atoms with Crippen LogP contribution in [0.25, 0.3) is 0 Å². The summed E-state index contributed by atoms with van der Waals surface area (Å²) in [4.78, 5) is 35.8. The summed E-state index contributed by atoms with van der Waals surface area (Å²) in [5, 5.41) is 6.02. The van der Waals surface area contributed by atoms with E-state index in [0.717, 1.165) is 17.7 Å². The molecule has 1 fully saturated rings. The van der Waals surface area contributed by atoms with Gasteiger partial charge >= 0.3 is 7.12 Å². The molecule has 3 aromatic rings. The number of amides is 2. The summed E-state index contributed by atoms with van der Waals surface area (Å²) in [6.45, 7) is 7.99. The Kier molecular flexibility index (Phi) is 10.00. The van der Waals surface area contributed by atoms with Crippen molar-refractivity contribution in [2.75, 3.05) is 5.75 Å². The zero-order chi connectivity index (χ0) is 28.6. The number of nitrogens with one attached hydrogen (secondary N) is 2. The number of carbonyl (C=O) groups is 2. The Morgan fingerprint density at radius 2 is 1.57 bits per heavy atom. The fourth-order valence-corrected chi connectivity index (χ4v) is 5.25. The Hall–Kier alpha value is -3.21. The largest absolute Gasteiger partial charge is 0.481 e. The second kappa shape index (κ2) is 13.4. The van der Waals surface area contributed by atoms with E-state index in [1.165, 1.54) is 35.9 Å². The quantitative estimate of drug-likeness (QED) is 0.248. The van der Waals surface area contributed by atoms with Gasteiger partial charge in [-0.15, -0.1) is 11.8 Å². The molecular weight excluding hydrogens is 523 g/mol. The van der Waals surface area contributed by atoms with E-state index < -0.39 is 36.2 Å². The summed E-state index contributed by atoms with van der Waals surface area (Å²) < 4.78 is 12.7. The number of aromatic nitrogens is 2. The van der Waals surface area contributed by atoms with E-state index in [-0.39, 0.29) is 11.6 Å². The van der Waals surface area contributed by atoms with Gasteiger partial charge in [-0.2, -0.15) is 0 Å². The minimum absolute atomic E-state index is 0.149. The van der Waals surface area contributed by atoms with Gasteiger partial charge in [-0.25, -0.2) is 4.98 Å². The Bertz CT molecular complexity index is 1230. The number of carbonyl (C=O) groups excluding carboxylic acids is 2. The molecule has 2 atom stereocenters. The van der Waals surface area contributed by atoms with Crippen LogP contribution in [-0.4, -0.2) is 57.8 Å². The molecule has 8 nitrogen and oxygen atoms in total. The van der Waals surface area contributed by atoms with E-state index in [0.29, 0.717) is 12.2 Å². The molecule has 0 radical (unpaired) electrons. The third-order valence-electron chi connectivity index (χ3n) is 7.33. The smallest absolute Gasteiger partial charge is 0.402 e. The molecule has 0 bridgehead atoms. The normalized spacial score (nSPS) is 17.1. The van der Waals surface area contributed by atoms with E-state index in [1.807, 2.05) is 76.2 Å². The molecule has 2 amide bonds. The maximum atomic E-state index is 13.8. The van der Waals surface area contributed by atoms with Crippen molar-refractivity contribution in [2.24, 2.45) is 0 Å². The molecule has 2 aromatic carbocycles. The predicted octanol–water partition coefficient (Wildman–Crippen LogP) is 4.51. The lowest BCUT2D eigenvalue weighted by Crippen LogP contribution is -2.55. The van der Waals surface area contributed by atoms with Crippen LogP contribution in [0.3, 0.4) is 0 Å². The van der Waals surface area contributed by atoms with Gasteiger partial charge in [0, 0.05) is 23.0 Å². The first kappa shape index (κ1) is 29.8. The summed E-state index contributed by atoms with van der Waals surface area (Å²) in [5.74, 6) is -0.838. The molecule has 40 heavy (non-hydrogen) atoms. The number of nitrogens with zero attached hydrogens (tertiary/aromatic N) is 2. The second-order valence-corrected chi connectivity index (χ2v) is 12.0. The number of hydrogen-bond donors (Lipinski definition) is 2. The highest BCUT2D eigenvalue weighted by Gasteiger charge is 2.54. The molecule has 0 aliphatic carbocycles. The first-order valence-corrected chi connectivity index (χ1v) is 14.6. The van der Waals surface area contributed by atoms with Crippen LogP contribution >= 0.6 is 11.8 Å². The monoisotopic (exact) mass is 560 g/mol. The van der Waals surface area contributed by atoms with Crippen molar-refractivity contribution in [3.8, 4) is 0 Å². The van der Waals surface area contributed by atoms with E-state index in [2.05, 4.69) is 32.7 Å². The van der Waals surface area contributed by atoms with E-state index >= 15 is 0 Å². The molecule has 0 spiro atoms. The van der Waals surface area contributed by atoms with Crippen molar-refractivity contribution in [3.05, 3.63) is 90.5 Å². The summed E-state index contributed by atoms with van der Waals surface area (Å²) in [6.07, 6.45) is 6.66. The Balaban J connectivity index is 1.50.